The molecule has 0 saturated carbocycles. The summed E-state index contributed by atoms with van der Waals surface area (Å²) in [4.78, 5) is 28.4. The highest BCUT2D eigenvalue weighted by Gasteiger charge is 2.45. The van der Waals surface area contributed by atoms with Crippen LogP contribution in [0, 0.1) is 0 Å². The van der Waals surface area contributed by atoms with Crippen LogP contribution in [0.1, 0.15) is 69.6 Å². The van der Waals surface area contributed by atoms with Crippen molar-refractivity contribution in [2.45, 2.75) is 89.8 Å². The van der Waals surface area contributed by atoms with Gasteiger partial charge in [0.05, 0.1) is 19.3 Å². The van der Waals surface area contributed by atoms with E-state index in [0.29, 0.717) is 18.1 Å². The molecule has 9 heteroatoms. The van der Waals surface area contributed by atoms with Crippen LogP contribution in [0.2, 0.25) is 0 Å². The SMILES string of the molecule is CCCN1CCc2cc3c(cc2C2C(OC(=O)C(C/C=C/C(C)(C)OCc4ccccc4)OC(C)=O)C(OC)=CCC21)OCO3. The zero-order chi connectivity index (χ0) is 32.0. The second kappa shape index (κ2) is 14.5. The van der Waals surface area contributed by atoms with Crippen molar-refractivity contribution in [2.24, 2.45) is 0 Å². The number of carbonyl (C=O) groups excluding carboxylic acids is 2. The second-order valence-corrected chi connectivity index (χ2v) is 12.3. The lowest BCUT2D eigenvalue weighted by atomic mass is 9.78. The average Bonchev–Trinajstić information content (AvgIpc) is 3.42. The van der Waals surface area contributed by atoms with E-state index in [1.807, 2.05) is 62.4 Å². The molecule has 0 radical (unpaired) electrons. The third-order valence-electron chi connectivity index (χ3n) is 8.60. The molecule has 2 aromatic rings. The molecule has 0 amide bonds. The van der Waals surface area contributed by atoms with Gasteiger partial charge in [0.15, 0.2) is 17.6 Å². The highest BCUT2D eigenvalue weighted by atomic mass is 16.7. The number of ether oxygens (including phenoxy) is 6. The van der Waals surface area contributed by atoms with Gasteiger partial charge in [-0.15, -0.1) is 0 Å². The van der Waals surface area contributed by atoms with Gasteiger partial charge in [-0.05, 0) is 74.6 Å². The fourth-order valence-corrected chi connectivity index (χ4v) is 6.44. The van der Waals surface area contributed by atoms with Crippen LogP contribution in [0.3, 0.4) is 0 Å². The van der Waals surface area contributed by atoms with E-state index in [0.717, 1.165) is 54.8 Å². The van der Waals surface area contributed by atoms with Gasteiger partial charge in [-0.3, -0.25) is 9.69 Å². The number of nitrogens with zero attached hydrogens (tertiary/aromatic N) is 1. The first-order valence-corrected chi connectivity index (χ1v) is 15.8. The van der Waals surface area contributed by atoms with Crippen molar-refractivity contribution in [1.29, 1.82) is 0 Å². The fourth-order valence-electron chi connectivity index (χ4n) is 6.44. The second-order valence-electron chi connectivity index (χ2n) is 12.3. The molecule has 45 heavy (non-hydrogen) atoms. The molecule has 3 aliphatic rings. The topological polar surface area (TPSA) is 92.8 Å². The predicted molar refractivity (Wildman–Crippen MR) is 169 cm³/mol. The molecule has 5 rings (SSSR count). The van der Waals surface area contributed by atoms with E-state index in [2.05, 4.69) is 17.9 Å². The molecule has 1 aliphatic carbocycles. The Hall–Kier alpha value is -3.82. The van der Waals surface area contributed by atoms with Crippen molar-refractivity contribution < 1.29 is 38.0 Å². The molecule has 0 N–H and O–H groups in total. The summed E-state index contributed by atoms with van der Waals surface area (Å²) in [7, 11) is 1.60. The maximum atomic E-state index is 13.8. The van der Waals surface area contributed by atoms with Crippen molar-refractivity contribution in [3.63, 3.8) is 0 Å². The molecule has 4 unspecified atom stereocenters. The van der Waals surface area contributed by atoms with E-state index in [9.17, 15) is 9.59 Å². The van der Waals surface area contributed by atoms with Gasteiger partial charge in [0, 0.05) is 31.8 Å². The number of rotatable bonds is 12. The molecule has 0 bridgehead atoms. The summed E-state index contributed by atoms with van der Waals surface area (Å²) in [5.41, 5.74) is 2.66. The summed E-state index contributed by atoms with van der Waals surface area (Å²) in [6.07, 6.45) is 6.59. The van der Waals surface area contributed by atoms with Crippen LogP contribution in [0.25, 0.3) is 0 Å². The Labute approximate surface area is 266 Å². The lowest BCUT2D eigenvalue weighted by molar-refractivity contribution is -0.171. The minimum Gasteiger partial charge on any atom is -0.497 e. The Morgan fingerprint density at radius 3 is 2.60 bits per heavy atom. The Morgan fingerprint density at radius 1 is 1.13 bits per heavy atom. The Balaban J connectivity index is 1.38. The van der Waals surface area contributed by atoms with Gasteiger partial charge in [-0.25, -0.2) is 4.79 Å². The molecule has 0 spiro atoms. The number of carbonyl (C=O) groups is 2. The molecule has 2 aromatic carbocycles. The third kappa shape index (κ3) is 7.89. The van der Waals surface area contributed by atoms with Gasteiger partial charge in [0.1, 0.15) is 5.76 Å². The van der Waals surface area contributed by atoms with Crippen molar-refractivity contribution in [3.05, 3.63) is 83.1 Å². The Kier molecular flexibility index (Phi) is 10.5. The Bertz CT molecular complexity index is 1400. The van der Waals surface area contributed by atoms with Crippen molar-refractivity contribution in [2.75, 3.05) is 27.0 Å². The van der Waals surface area contributed by atoms with Crippen LogP contribution in [0.5, 0.6) is 11.5 Å². The van der Waals surface area contributed by atoms with Crippen LogP contribution in [-0.2, 0) is 41.6 Å². The quantitative estimate of drug-likeness (QED) is 0.214. The van der Waals surface area contributed by atoms with E-state index in [4.69, 9.17) is 28.4 Å². The van der Waals surface area contributed by atoms with Crippen LogP contribution >= 0.6 is 0 Å². The predicted octanol–water partition coefficient (Wildman–Crippen LogP) is 5.85. The average molecular weight is 620 g/mol. The van der Waals surface area contributed by atoms with Gasteiger partial charge in [0.25, 0.3) is 0 Å². The third-order valence-corrected chi connectivity index (χ3v) is 8.60. The summed E-state index contributed by atoms with van der Waals surface area (Å²) in [6, 6.07) is 14.1. The number of fused-ring (bicyclic) bond motifs is 4. The molecule has 2 aliphatic heterocycles. The van der Waals surface area contributed by atoms with Crippen molar-refractivity contribution >= 4 is 11.9 Å². The smallest absolute Gasteiger partial charge is 0.348 e. The van der Waals surface area contributed by atoms with Crippen molar-refractivity contribution in [1.82, 2.24) is 4.90 Å². The Morgan fingerprint density at radius 2 is 1.89 bits per heavy atom. The molecule has 2 heterocycles. The van der Waals surface area contributed by atoms with E-state index < -0.39 is 29.7 Å². The summed E-state index contributed by atoms with van der Waals surface area (Å²) < 4.78 is 35.2. The first-order chi connectivity index (χ1) is 21.7. The number of hydrogen-bond acceptors (Lipinski definition) is 9. The molecule has 0 fully saturated rings. The first-order valence-electron chi connectivity index (χ1n) is 15.8. The summed E-state index contributed by atoms with van der Waals surface area (Å²) >= 11 is 0. The lowest BCUT2D eigenvalue weighted by Crippen LogP contribution is -2.48. The number of methoxy groups -OCH3 is 1. The van der Waals surface area contributed by atoms with E-state index in [-0.39, 0.29) is 25.2 Å². The summed E-state index contributed by atoms with van der Waals surface area (Å²) in [6.45, 7) is 9.78. The molecule has 242 valence electrons. The first kappa shape index (κ1) is 32.6. The summed E-state index contributed by atoms with van der Waals surface area (Å²) in [5.74, 6) is 0.606. The molecular formula is C36H45NO8. The maximum absolute atomic E-state index is 13.8. The van der Waals surface area contributed by atoms with E-state index >= 15 is 0 Å². The molecular weight excluding hydrogens is 574 g/mol. The van der Waals surface area contributed by atoms with Gasteiger partial charge in [-0.2, -0.15) is 0 Å². The van der Waals surface area contributed by atoms with Crippen LogP contribution in [-0.4, -0.2) is 67.7 Å². The number of hydrogen-bond donors (Lipinski definition) is 0. The number of benzene rings is 2. The molecule has 9 nitrogen and oxygen atoms in total. The number of esters is 2. The lowest BCUT2D eigenvalue weighted by Gasteiger charge is -2.42. The van der Waals surface area contributed by atoms with Gasteiger partial charge < -0.3 is 28.4 Å². The van der Waals surface area contributed by atoms with Crippen LogP contribution < -0.4 is 9.47 Å². The van der Waals surface area contributed by atoms with Gasteiger partial charge >= 0.3 is 11.9 Å². The standard InChI is InChI=1S/C36H45NO8/c1-6-18-37-19-16-26-20-31-32(42-23-41-31)21-27(26)33-28(37)14-15-29(40-5)34(33)45-35(39)30(44-24(2)38)13-10-17-36(3,4)43-22-25-11-8-7-9-12-25/h7-12,15,17,20-21,28,30,33-34H,6,13-14,16,18-19,22-23H2,1-5H3/b17-10+. The van der Waals surface area contributed by atoms with Gasteiger partial charge in [-0.1, -0.05) is 49.4 Å². The normalized spacial score (nSPS) is 21.7. The highest BCUT2D eigenvalue weighted by molar-refractivity contribution is 5.79. The molecule has 4 atom stereocenters. The van der Waals surface area contributed by atoms with Gasteiger partial charge in [0.2, 0.25) is 12.9 Å². The van der Waals surface area contributed by atoms with Crippen LogP contribution in [0.4, 0.5) is 0 Å². The highest BCUT2D eigenvalue weighted by Crippen LogP contribution is 2.46. The molecule has 0 saturated heterocycles. The monoisotopic (exact) mass is 619 g/mol. The van der Waals surface area contributed by atoms with Crippen molar-refractivity contribution in [3.8, 4) is 11.5 Å². The molecule has 0 aromatic heterocycles. The summed E-state index contributed by atoms with van der Waals surface area (Å²) in [5, 5.41) is 0. The van der Waals surface area contributed by atoms with E-state index in [1.54, 1.807) is 13.2 Å². The zero-order valence-corrected chi connectivity index (χ0v) is 27.0. The largest absolute Gasteiger partial charge is 0.497 e. The van der Waals surface area contributed by atoms with Crippen LogP contribution in [0.15, 0.2) is 66.5 Å². The minimum absolute atomic E-state index is 0.0814. The fraction of sp³-hybridized carbons (Fsp3) is 0.500. The minimum atomic E-state index is -1.13. The zero-order valence-electron chi connectivity index (χ0n) is 27.0. The van der Waals surface area contributed by atoms with E-state index in [1.165, 1.54) is 6.92 Å². The maximum Gasteiger partial charge on any atom is 0.348 e.